The van der Waals surface area contributed by atoms with Crippen LogP contribution in [0.1, 0.15) is 91.1 Å². The van der Waals surface area contributed by atoms with Gasteiger partial charge >= 0.3 is 5.97 Å². The van der Waals surface area contributed by atoms with E-state index in [9.17, 15) is 19.5 Å². The minimum absolute atomic E-state index is 0.0203. The highest BCUT2D eigenvalue weighted by molar-refractivity contribution is 6.32. The average Bonchev–Trinajstić information content (AvgIpc) is 3.92. The summed E-state index contributed by atoms with van der Waals surface area (Å²) in [6, 6.07) is 9.99. The van der Waals surface area contributed by atoms with Crippen molar-refractivity contribution in [1.82, 2.24) is 20.9 Å². The Hall–Kier alpha value is -4.69. The number of fused-ring (bicyclic) bond motifs is 3. The molecular weight excluding hydrogens is 699 g/mol. The Morgan fingerprint density at radius 2 is 2.00 bits per heavy atom. The molecule has 2 heterocycles. The summed E-state index contributed by atoms with van der Waals surface area (Å²) >= 11 is 0. The Bertz CT molecular complexity index is 1880. The lowest BCUT2D eigenvalue weighted by atomic mass is 9.71. The Morgan fingerprint density at radius 1 is 1.22 bits per heavy atom. The molecular formula is C42H55N7O6. The van der Waals surface area contributed by atoms with Crippen molar-refractivity contribution in [3.63, 3.8) is 0 Å². The number of nitrogens with one attached hydrogen (secondary N) is 4. The number of pyridine rings is 1. The number of hydrogen-bond donors (Lipinski definition) is 6. The van der Waals surface area contributed by atoms with Crippen molar-refractivity contribution >= 4 is 29.3 Å². The summed E-state index contributed by atoms with van der Waals surface area (Å²) < 4.78 is 12.7. The summed E-state index contributed by atoms with van der Waals surface area (Å²) in [5.41, 5.74) is 5.68. The van der Waals surface area contributed by atoms with Gasteiger partial charge in [-0.15, -0.1) is 0 Å². The van der Waals surface area contributed by atoms with Gasteiger partial charge in [0.05, 0.1) is 12.7 Å². The summed E-state index contributed by atoms with van der Waals surface area (Å²) in [7, 11) is 3.44. The van der Waals surface area contributed by atoms with Gasteiger partial charge in [-0.3, -0.25) is 14.6 Å². The molecule has 2 aromatic rings. The number of hydrogen-bond acceptors (Lipinski definition) is 11. The number of ether oxygens (including phenoxy) is 2. The number of aliphatic imine (C=N–C) groups is 1. The first-order chi connectivity index (χ1) is 26.6. The van der Waals surface area contributed by atoms with Gasteiger partial charge in [0.1, 0.15) is 11.9 Å². The maximum absolute atomic E-state index is 14.7. The highest BCUT2D eigenvalue weighted by Crippen LogP contribution is 2.59. The molecule has 1 saturated heterocycles. The molecule has 0 spiro atoms. The SMILES string of the molecule is CCNC1C=C2C=CCCC2CC1C(CCCO)OC(=O)C12OC1(CC=C(C)CC(NC(N)=NC)c1ccnc(NCNC)c1)C(=O)c1ccccc1C2=O. The Morgan fingerprint density at radius 3 is 2.73 bits per heavy atom. The molecule has 13 nitrogen and oxygen atoms in total. The molecule has 7 atom stereocenters. The quantitative estimate of drug-likeness (QED) is 0.0258. The molecule has 1 aromatic heterocycles. The molecule has 55 heavy (non-hydrogen) atoms. The zero-order valence-corrected chi connectivity index (χ0v) is 32.3. The average molecular weight is 754 g/mol. The van der Waals surface area contributed by atoms with E-state index in [0.717, 1.165) is 36.9 Å². The molecule has 1 aromatic carbocycles. The first kappa shape index (κ1) is 40.0. The van der Waals surface area contributed by atoms with Crippen molar-refractivity contribution in [2.45, 2.75) is 88.2 Å². The van der Waals surface area contributed by atoms with Gasteiger partial charge in [-0.1, -0.05) is 61.1 Å². The molecule has 0 radical (unpaired) electrons. The maximum atomic E-state index is 14.7. The molecule has 6 rings (SSSR count). The number of aliphatic hydroxyl groups excluding tert-OH is 1. The van der Waals surface area contributed by atoms with Crippen LogP contribution in [-0.2, 0) is 14.3 Å². The Kier molecular flexibility index (Phi) is 12.7. The fourth-order valence-corrected chi connectivity index (χ4v) is 8.47. The number of likely N-dealkylation sites (N-methyl/N-ethyl adjacent to an activating group) is 1. The molecule has 7 unspecified atom stereocenters. The number of esters is 1. The van der Waals surface area contributed by atoms with Crippen LogP contribution < -0.4 is 27.0 Å². The summed E-state index contributed by atoms with van der Waals surface area (Å²) in [6.45, 7) is 5.14. The van der Waals surface area contributed by atoms with Crippen LogP contribution in [0.5, 0.6) is 0 Å². The second-order valence-corrected chi connectivity index (χ2v) is 14.9. The first-order valence-electron chi connectivity index (χ1n) is 19.4. The van der Waals surface area contributed by atoms with Gasteiger partial charge in [0.2, 0.25) is 5.78 Å². The molecule has 13 heteroatoms. The minimum Gasteiger partial charge on any atom is -0.459 e. The molecule has 0 amide bonds. The standard InChI is InChI=1S/C42H55N7O6/c1-5-46-34-23-28-12-7-6-11-27(28)22-32(34)35(15-10-20-50)54-39(53)42-38(52)31-14-9-8-13-30(31)37(51)41(42,55-42)18-16-26(2)21-33(49-40(43)45-4)29-17-19-47-36(24-29)48-25-44-3/h7-9,12-14,16-17,19,23-24,27,32-35,44,46,50H,5-6,10-11,15,18,20-22,25H2,1-4H3,(H,47,48)(H3,43,45,49). The van der Waals surface area contributed by atoms with E-state index in [2.05, 4.69) is 49.5 Å². The highest BCUT2D eigenvalue weighted by atomic mass is 16.7. The zero-order chi connectivity index (χ0) is 39.2. The smallest absolute Gasteiger partial charge is 0.350 e. The molecule has 0 bridgehead atoms. The van der Waals surface area contributed by atoms with E-state index < -0.39 is 34.8 Å². The number of carbonyl (C=O) groups excluding carboxylic acids is 3. The number of anilines is 1. The first-order valence-corrected chi connectivity index (χ1v) is 19.4. The lowest BCUT2D eigenvalue weighted by Crippen LogP contribution is -2.53. The number of Topliss-reactive ketones (excluding diaryl/α,β-unsaturated/α-hetero) is 2. The van der Waals surface area contributed by atoms with Gasteiger partial charge in [0.15, 0.2) is 17.3 Å². The number of benzene rings is 1. The van der Waals surface area contributed by atoms with E-state index in [1.165, 1.54) is 5.57 Å². The second-order valence-electron chi connectivity index (χ2n) is 14.9. The van der Waals surface area contributed by atoms with E-state index in [0.29, 0.717) is 37.7 Å². The van der Waals surface area contributed by atoms with Crippen molar-refractivity contribution in [3.8, 4) is 0 Å². The van der Waals surface area contributed by atoms with Crippen molar-refractivity contribution < 1.29 is 29.0 Å². The van der Waals surface area contributed by atoms with E-state index in [1.54, 1.807) is 37.5 Å². The molecule has 1 aliphatic heterocycles. The van der Waals surface area contributed by atoms with Crippen molar-refractivity contribution in [3.05, 3.63) is 94.7 Å². The third-order valence-corrected chi connectivity index (χ3v) is 11.4. The second kappa shape index (κ2) is 17.4. The number of aliphatic hydroxyl groups is 1. The normalized spacial score (nSPS) is 26.9. The zero-order valence-electron chi connectivity index (χ0n) is 32.3. The molecule has 1 fully saturated rings. The summed E-state index contributed by atoms with van der Waals surface area (Å²) in [5.74, 6) is -0.690. The van der Waals surface area contributed by atoms with Gasteiger partial charge in [0.25, 0.3) is 5.60 Å². The van der Waals surface area contributed by atoms with Crippen molar-refractivity contribution in [2.75, 3.05) is 39.2 Å². The fourth-order valence-electron chi connectivity index (χ4n) is 8.47. The Labute approximate surface area is 323 Å². The number of epoxide rings is 1. The van der Waals surface area contributed by atoms with Crippen LogP contribution >= 0.6 is 0 Å². The van der Waals surface area contributed by atoms with E-state index in [4.69, 9.17) is 15.2 Å². The number of guanidine groups is 1. The third kappa shape index (κ3) is 8.02. The highest BCUT2D eigenvalue weighted by Gasteiger charge is 2.85. The number of allylic oxidation sites excluding steroid dienone is 3. The van der Waals surface area contributed by atoms with Gasteiger partial charge in [0, 0.05) is 49.4 Å². The van der Waals surface area contributed by atoms with Gasteiger partial charge in [-0.05, 0) is 88.2 Å². The van der Waals surface area contributed by atoms with Crippen LogP contribution in [0.2, 0.25) is 0 Å². The largest absolute Gasteiger partial charge is 0.459 e. The van der Waals surface area contributed by atoms with E-state index in [-0.39, 0.29) is 48.1 Å². The van der Waals surface area contributed by atoms with Crippen LogP contribution in [0, 0.1) is 11.8 Å². The lowest BCUT2D eigenvalue weighted by molar-refractivity contribution is -0.158. The summed E-state index contributed by atoms with van der Waals surface area (Å²) in [5, 5.41) is 23.0. The molecule has 294 valence electrons. The third-order valence-electron chi connectivity index (χ3n) is 11.4. The van der Waals surface area contributed by atoms with Crippen LogP contribution in [0.3, 0.4) is 0 Å². The number of rotatable bonds is 17. The number of carbonyl (C=O) groups is 3. The number of nitrogens with two attached hydrogens (primary N) is 1. The number of nitrogens with zero attached hydrogens (tertiary/aromatic N) is 2. The van der Waals surface area contributed by atoms with Crippen LogP contribution in [0.15, 0.2) is 83.0 Å². The predicted octanol–water partition coefficient (Wildman–Crippen LogP) is 4.13. The molecule has 0 saturated carbocycles. The molecule has 4 aliphatic rings. The Balaban J connectivity index is 1.30. The predicted molar refractivity (Wildman–Crippen MR) is 212 cm³/mol. The van der Waals surface area contributed by atoms with E-state index in [1.807, 2.05) is 39.1 Å². The van der Waals surface area contributed by atoms with Crippen molar-refractivity contribution in [2.24, 2.45) is 22.6 Å². The van der Waals surface area contributed by atoms with Gasteiger partial charge in [-0.2, -0.15) is 0 Å². The summed E-state index contributed by atoms with van der Waals surface area (Å²) in [6.07, 6.45) is 13.6. The number of aromatic nitrogens is 1. The van der Waals surface area contributed by atoms with Gasteiger partial charge in [-0.25, -0.2) is 9.78 Å². The van der Waals surface area contributed by atoms with E-state index >= 15 is 0 Å². The van der Waals surface area contributed by atoms with Gasteiger partial charge < -0.3 is 41.6 Å². The lowest BCUT2D eigenvalue weighted by Gasteiger charge is -2.40. The van der Waals surface area contributed by atoms with Crippen LogP contribution in [0.25, 0.3) is 0 Å². The fraction of sp³-hybridized carbons (Fsp3) is 0.500. The summed E-state index contributed by atoms with van der Waals surface area (Å²) in [4.78, 5) is 52.0. The van der Waals surface area contributed by atoms with Crippen molar-refractivity contribution in [1.29, 1.82) is 0 Å². The topological polar surface area (TPSA) is 193 Å². The molecule has 7 N–H and O–H groups in total. The van der Waals surface area contributed by atoms with Crippen LogP contribution in [0.4, 0.5) is 5.82 Å². The van der Waals surface area contributed by atoms with Crippen LogP contribution in [-0.4, -0.2) is 90.8 Å². The maximum Gasteiger partial charge on any atom is 0.350 e. The number of ketones is 2. The molecule has 3 aliphatic carbocycles. The monoisotopic (exact) mass is 753 g/mol. The minimum atomic E-state index is -2.13.